The lowest BCUT2D eigenvalue weighted by Gasteiger charge is -2.64. The topological polar surface area (TPSA) is 64.6 Å². The molecule has 7 heteroatoms. The van der Waals surface area contributed by atoms with Crippen molar-refractivity contribution in [2.24, 2.45) is 23.7 Å². The summed E-state index contributed by atoms with van der Waals surface area (Å²) in [5, 5.41) is 0. The minimum Gasteiger partial charge on any atom is -0.382 e. The van der Waals surface area contributed by atoms with Crippen molar-refractivity contribution in [3.05, 3.63) is 0 Å². The van der Waals surface area contributed by atoms with Gasteiger partial charge in [0, 0.05) is 25.4 Å². The van der Waals surface area contributed by atoms with Crippen molar-refractivity contribution in [2.45, 2.75) is 76.8 Å². The summed E-state index contributed by atoms with van der Waals surface area (Å²) in [5.74, 6) is -0.344. The van der Waals surface area contributed by atoms with Crippen LogP contribution in [0.25, 0.3) is 0 Å². The predicted molar refractivity (Wildman–Crippen MR) is 100 cm³/mol. The van der Waals surface area contributed by atoms with Crippen molar-refractivity contribution in [1.82, 2.24) is 0 Å². The van der Waals surface area contributed by atoms with Gasteiger partial charge in [-0.3, -0.25) is 0 Å². The molecular formula is C21H36O7. The van der Waals surface area contributed by atoms with E-state index in [0.29, 0.717) is 38.3 Å². The highest BCUT2D eigenvalue weighted by Gasteiger charge is 2.74. The second-order valence-corrected chi connectivity index (χ2v) is 9.27. The summed E-state index contributed by atoms with van der Waals surface area (Å²) >= 11 is 0. The van der Waals surface area contributed by atoms with Crippen LogP contribution in [-0.4, -0.2) is 57.0 Å². The Morgan fingerprint density at radius 1 is 0.929 bits per heavy atom. The van der Waals surface area contributed by atoms with Crippen LogP contribution in [0.1, 0.15) is 53.4 Å². The van der Waals surface area contributed by atoms with Gasteiger partial charge in [0.15, 0.2) is 11.9 Å². The average Bonchev–Trinajstić information content (AvgIpc) is 2.86. The summed E-state index contributed by atoms with van der Waals surface area (Å²) in [7, 11) is 1.67. The molecule has 0 amide bonds. The SMILES string of the molecule is COCCOCCO[C@H]1O[C@]2(C)O[C@]3(C)CC[C@H]4[C@H](C)CC[C@@H]([C@H]1C)[C@]42OO3. The Bertz CT molecular complexity index is 559. The van der Waals surface area contributed by atoms with Crippen LogP contribution in [0.2, 0.25) is 0 Å². The minimum atomic E-state index is -0.894. The van der Waals surface area contributed by atoms with Crippen LogP contribution < -0.4 is 0 Å². The summed E-state index contributed by atoms with van der Waals surface area (Å²) in [6, 6.07) is 0. The van der Waals surface area contributed by atoms with E-state index in [1.807, 2.05) is 13.8 Å². The van der Waals surface area contributed by atoms with Crippen LogP contribution in [0, 0.1) is 23.7 Å². The van der Waals surface area contributed by atoms with Crippen LogP contribution in [0.5, 0.6) is 0 Å². The third-order valence-corrected chi connectivity index (χ3v) is 7.45. The fourth-order valence-corrected chi connectivity index (χ4v) is 6.05. The molecule has 0 aromatic heterocycles. The lowest BCUT2D eigenvalue weighted by atomic mass is 9.55. The molecule has 2 bridgehead atoms. The fourth-order valence-electron chi connectivity index (χ4n) is 6.05. The highest BCUT2D eigenvalue weighted by molar-refractivity contribution is 5.13. The van der Waals surface area contributed by atoms with Gasteiger partial charge in [-0.05, 0) is 44.9 Å². The first kappa shape index (κ1) is 21.0. The highest BCUT2D eigenvalue weighted by atomic mass is 17.3. The summed E-state index contributed by atoms with van der Waals surface area (Å²) in [6.07, 6.45) is 3.73. The number of ether oxygens (including phenoxy) is 5. The van der Waals surface area contributed by atoms with Crippen LogP contribution in [0.4, 0.5) is 0 Å². The maximum atomic E-state index is 6.54. The van der Waals surface area contributed by atoms with E-state index in [9.17, 15) is 0 Å². The number of hydrogen-bond acceptors (Lipinski definition) is 7. The van der Waals surface area contributed by atoms with Crippen molar-refractivity contribution in [2.75, 3.05) is 33.5 Å². The first-order valence-electron chi connectivity index (χ1n) is 10.8. The molecule has 0 N–H and O–H groups in total. The first-order chi connectivity index (χ1) is 13.4. The smallest absolute Gasteiger partial charge is 0.204 e. The van der Waals surface area contributed by atoms with Gasteiger partial charge >= 0.3 is 0 Å². The molecule has 0 radical (unpaired) electrons. The largest absolute Gasteiger partial charge is 0.382 e. The van der Waals surface area contributed by atoms with E-state index >= 15 is 0 Å². The van der Waals surface area contributed by atoms with Gasteiger partial charge < -0.3 is 23.7 Å². The molecule has 1 spiro atoms. The Labute approximate surface area is 168 Å². The molecule has 1 saturated carbocycles. The van der Waals surface area contributed by atoms with Crippen molar-refractivity contribution in [3.8, 4) is 0 Å². The molecule has 4 heterocycles. The maximum absolute atomic E-state index is 6.54. The second-order valence-electron chi connectivity index (χ2n) is 9.27. The summed E-state index contributed by atoms with van der Waals surface area (Å²) < 4.78 is 29.7. The normalized spacial score (nSPS) is 50.2. The molecule has 4 aliphatic heterocycles. The van der Waals surface area contributed by atoms with Crippen LogP contribution in [-0.2, 0) is 33.5 Å². The summed E-state index contributed by atoms with van der Waals surface area (Å²) in [6.45, 7) is 10.6. The highest BCUT2D eigenvalue weighted by Crippen LogP contribution is 2.64. The Balaban J connectivity index is 1.53. The Morgan fingerprint density at radius 3 is 2.50 bits per heavy atom. The molecule has 0 aromatic rings. The van der Waals surface area contributed by atoms with Gasteiger partial charge in [-0.1, -0.05) is 13.8 Å². The zero-order valence-corrected chi connectivity index (χ0v) is 17.9. The third-order valence-electron chi connectivity index (χ3n) is 7.45. The average molecular weight is 401 g/mol. The van der Waals surface area contributed by atoms with Crippen molar-refractivity contribution in [1.29, 1.82) is 0 Å². The van der Waals surface area contributed by atoms with E-state index in [-0.39, 0.29) is 18.1 Å². The van der Waals surface area contributed by atoms with Gasteiger partial charge in [-0.15, -0.1) is 0 Å². The van der Waals surface area contributed by atoms with E-state index < -0.39 is 17.2 Å². The summed E-state index contributed by atoms with van der Waals surface area (Å²) in [5.41, 5.74) is -0.588. The molecule has 0 aromatic carbocycles. The Morgan fingerprint density at radius 2 is 1.71 bits per heavy atom. The predicted octanol–water partition coefficient (Wildman–Crippen LogP) is 3.26. The van der Waals surface area contributed by atoms with Gasteiger partial charge in [0.25, 0.3) is 0 Å². The molecule has 5 aliphatic rings. The zero-order valence-electron chi connectivity index (χ0n) is 17.9. The summed E-state index contributed by atoms with van der Waals surface area (Å²) in [4.78, 5) is 12.1. The van der Waals surface area contributed by atoms with Gasteiger partial charge in [-0.25, -0.2) is 9.78 Å². The minimum absolute atomic E-state index is 0.178. The third kappa shape index (κ3) is 3.23. The van der Waals surface area contributed by atoms with E-state index in [4.69, 9.17) is 33.5 Å². The van der Waals surface area contributed by atoms with Crippen molar-refractivity contribution in [3.63, 3.8) is 0 Å². The van der Waals surface area contributed by atoms with E-state index in [2.05, 4.69) is 13.8 Å². The number of rotatable bonds is 7. The zero-order chi connectivity index (χ0) is 20.0. The van der Waals surface area contributed by atoms with Crippen LogP contribution in [0.3, 0.4) is 0 Å². The monoisotopic (exact) mass is 400 g/mol. The lowest BCUT2D eigenvalue weighted by molar-refractivity contribution is -0.605. The number of fused-ring (bicyclic) bond motifs is 2. The van der Waals surface area contributed by atoms with Gasteiger partial charge in [0.1, 0.15) is 0 Å². The molecule has 1 aliphatic carbocycles. The number of methoxy groups -OCH3 is 1. The van der Waals surface area contributed by atoms with Crippen LogP contribution >= 0.6 is 0 Å². The molecule has 0 unspecified atom stereocenters. The molecule has 4 saturated heterocycles. The molecule has 5 fully saturated rings. The second kappa shape index (κ2) is 7.76. The fraction of sp³-hybridized carbons (Fsp3) is 1.00. The van der Waals surface area contributed by atoms with Crippen molar-refractivity contribution < 1.29 is 33.5 Å². The lowest BCUT2D eigenvalue weighted by Crippen LogP contribution is -2.76. The van der Waals surface area contributed by atoms with E-state index in [0.717, 1.165) is 19.3 Å². The molecule has 162 valence electrons. The number of hydrogen-bond donors (Lipinski definition) is 0. The molecular weight excluding hydrogens is 364 g/mol. The molecule has 8 atom stereocenters. The quantitative estimate of drug-likeness (QED) is 0.480. The van der Waals surface area contributed by atoms with Gasteiger partial charge in [0.05, 0.1) is 26.4 Å². The Hall–Kier alpha value is -0.280. The Kier molecular flexibility index (Phi) is 5.81. The van der Waals surface area contributed by atoms with Crippen molar-refractivity contribution >= 4 is 0 Å². The molecule has 28 heavy (non-hydrogen) atoms. The van der Waals surface area contributed by atoms with E-state index in [1.54, 1.807) is 7.11 Å². The standard InChI is InChI=1S/C21H36O7/c1-14-6-7-17-15(2)18(24-13-12-23-11-10-22-5)25-20(4)21(17)16(14)8-9-19(3,26-20)27-28-21/h14-18H,6-13H2,1-5H3/t14-,15-,16+,17+,18+,19+,20-,21-/m1/s1. The van der Waals surface area contributed by atoms with E-state index in [1.165, 1.54) is 6.42 Å². The molecule has 7 nitrogen and oxygen atoms in total. The van der Waals surface area contributed by atoms with Crippen LogP contribution in [0.15, 0.2) is 0 Å². The first-order valence-corrected chi connectivity index (χ1v) is 10.8. The molecule has 5 rings (SSSR count). The maximum Gasteiger partial charge on any atom is 0.204 e. The van der Waals surface area contributed by atoms with Gasteiger partial charge in [0.2, 0.25) is 11.6 Å². The van der Waals surface area contributed by atoms with Gasteiger partial charge in [-0.2, -0.15) is 0 Å².